The number of aromatic nitrogens is 1. The maximum absolute atomic E-state index is 12.5. The van der Waals surface area contributed by atoms with E-state index in [0.29, 0.717) is 11.1 Å². The molecule has 2 unspecified atom stereocenters. The van der Waals surface area contributed by atoms with E-state index in [4.69, 9.17) is 5.26 Å². The molecule has 2 fully saturated rings. The third-order valence-corrected chi connectivity index (χ3v) is 4.85. The van der Waals surface area contributed by atoms with Crippen LogP contribution < -0.4 is 5.32 Å². The molecule has 2 aliphatic rings. The number of piperidine rings is 1. The van der Waals surface area contributed by atoms with Gasteiger partial charge in [-0.05, 0) is 43.5 Å². The first-order valence-corrected chi connectivity index (χ1v) is 7.77. The summed E-state index contributed by atoms with van der Waals surface area (Å²) >= 11 is 0. The zero-order valence-corrected chi connectivity index (χ0v) is 12.3. The normalized spacial score (nSPS) is 26.8. The lowest BCUT2D eigenvalue weighted by Gasteiger charge is -2.30. The number of pyridine rings is 1. The van der Waals surface area contributed by atoms with Gasteiger partial charge in [0.2, 0.25) is 0 Å². The molecule has 0 radical (unpaired) electrons. The summed E-state index contributed by atoms with van der Waals surface area (Å²) in [6.45, 7) is 3.31. The number of hydrogen-bond donors (Lipinski definition) is 1. The first-order chi connectivity index (χ1) is 10.7. The van der Waals surface area contributed by atoms with E-state index in [1.165, 1.54) is 19.5 Å². The molecule has 2 aliphatic heterocycles. The first-order valence-electron chi connectivity index (χ1n) is 7.77. The number of hydrogen-bond acceptors (Lipinski definition) is 3. The summed E-state index contributed by atoms with van der Waals surface area (Å²) in [7, 11) is 0. The zero-order chi connectivity index (χ0) is 15.1. The van der Waals surface area contributed by atoms with Crippen molar-refractivity contribution in [2.75, 3.05) is 19.6 Å². The molecule has 3 atom stereocenters. The molecule has 2 bridgehead atoms. The number of nitriles is 1. The third kappa shape index (κ3) is 2.26. The van der Waals surface area contributed by atoms with Gasteiger partial charge in [0.15, 0.2) is 0 Å². The Balaban J connectivity index is 1.54. The fourth-order valence-electron chi connectivity index (χ4n) is 3.77. The molecule has 2 aromatic rings. The Morgan fingerprint density at radius 1 is 1.32 bits per heavy atom. The van der Waals surface area contributed by atoms with Gasteiger partial charge in [0.1, 0.15) is 6.07 Å². The Morgan fingerprint density at radius 3 is 3.00 bits per heavy atom. The van der Waals surface area contributed by atoms with E-state index in [2.05, 4.69) is 16.3 Å². The first kappa shape index (κ1) is 13.4. The lowest BCUT2D eigenvalue weighted by Crippen LogP contribution is -2.47. The van der Waals surface area contributed by atoms with Gasteiger partial charge in [-0.25, -0.2) is 0 Å². The summed E-state index contributed by atoms with van der Waals surface area (Å²) in [5, 5.41) is 12.3. The maximum atomic E-state index is 12.5. The summed E-state index contributed by atoms with van der Waals surface area (Å²) in [6, 6.07) is 7.77. The van der Waals surface area contributed by atoms with Crippen LogP contribution in [-0.4, -0.2) is 40.9 Å². The molecule has 5 nitrogen and oxygen atoms in total. The Labute approximate surface area is 129 Å². The topological polar surface area (TPSA) is 60.5 Å². The number of fused-ring (bicyclic) bond motifs is 3. The fourth-order valence-corrected chi connectivity index (χ4v) is 3.77. The van der Waals surface area contributed by atoms with E-state index in [1.54, 1.807) is 18.2 Å². The summed E-state index contributed by atoms with van der Waals surface area (Å²) in [4.78, 5) is 14.9. The van der Waals surface area contributed by atoms with Crippen LogP contribution in [0.4, 0.5) is 0 Å². The van der Waals surface area contributed by atoms with Crippen molar-refractivity contribution in [2.24, 2.45) is 5.92 Å². The molecular formula is C17H18N4O. The SMILES string of the molecule is N#Cc1ccn2ccc(C(=O)N[C@@H]3CC4CCN(C4)C3)cc12. The van der Waals surface area contributed by atoms with Crippen molar-refractivity contribution in [3.63, 3.8) is 0 Å². The highest BCUT2D eigenvalue weighted by molar-refractivity contribution is 5.95. The minimum Gasteiger partial charge on any atom is -0.348 e. The lowest BCUT2D eigenvalue weighted by atomic mass is 9.96. The monoisotopic (exact) mass is 294 g/mol. The molecular weight excluding hydrogens is 276 g/mol. The smallest absolute Gasteiger partial charge is 0.251 e. The van der Waals surface area contributed by atoms with E-state index >= 15 is 0 Å². The van der Waals surface area contributed by atoms with Crippen molar-refractivity contribution in [1.29, 1.82) is 5.26 Å². The summed E-state index contributed by atoms with van der Waals surface area (Å²) in [6.07, 6.45) is 6.01. The van der Waals surface area contributed by atoms with Crippen LogP contribution in [0.25, 0.3) is 5.52 Å². The van der Waals surface area contributed by atoms with Crippen molar-refractivity contribution in [3.05, 3.63) is 41.7 Å². The van der Waals surface area contributed by atoms with Gasteiger partial charge in [0.05, 0.1) is 11.1 Å². The van der Waals surface area contributed by atoms with Gasteiger partial charge < -0.3 is 14.6 Å². The van der Waals surface area contributed by atoms with E-state index < -0.39 is 0 Å². The van der Waals surface area contributed by atoms with Crippen LogP contribution in [0.2, 0.25) is 0 Å². The molecule has 2 aromatic heterocycles. The number of rotatable bonds is 2. The standard InChI is InChI=1S/C17H18N4O/c18-9-14-3-6-21-5-2-13(8-16(14)21)17(22)19-15-7-12-1-4-20(10-12)11-15/h2-3,5-6,8,12,15H,1,4,7,10-11H2,(H,19,22)/t12?,15-/m1/s1. The molecule has 1 N–H and O–H groups in total. The summed E-state index contributed by atoms with van der Waals surface area (Å²) < 4.78 is 1.86. The fraction of sp³-hybridized carbons (Fsp3) is 0.412. The average Bonchev–Trinajstić information content (AvgIpc) is 3.09. The van der Waals surface area contributed by atoms with E-state index in [1.807, 2.05) is 16.8 Å². The van der Waals surface area contributed by atoms with Crippen LogP contribution in [0.3, 0.4) is 0 Å². The van der Waals surface area contributed by atoms with Crippen molar-refractivity contribution in [3.8, 4) is 6.07 Å². The van der Waals surface area contributed by atoms with Gasteiger partial charge in [0.25, 0.3) is 5.91 Å². The molecule has 4 rings (SSSR count). The minimum absolute atomic E-state index is 0.0416. The second-order valence-corrected chi connectivity index (χ2v) is 6.37. The Hall–Kier alpha value is -2.32. The molecule has 4 heterocycles. The number of carbonyl (C=O) groups excluding carboxylic acids is 1. The molecule has 2 saturated heterocycles. The lowest BCUT2D eigenvalue weighted by molar-refractivity contribution is 0.0909. The molecule has 22 heavy (non-hydrogen) atoms. The zero-order valence-electron chi connectivity index (χ0n) is 12.3. The molecule has 112 valence electrons. The largest absolute Gasteiger partial charge is 0.348 e. The average molecular weight is 294 g/mol. The number of nitrogens with zero attached hydrogens (tertiary/aromatic N) is 3. The van der Waals surface area contributed by atoms with Crippen molar-refractivity contribution in [1.82, 2.24) is 14.6 Å². The molecule has 0 aromatic carbocycles. The highest BCUT2D eigenvalue weighted by Crippen LogP contribution is 2.26. The van der Waals surface area contributed by atoms with Crippen LogP contribution >= 0.6 is 0 Å². The molecule has 0 saturated carbocycles. The summed E-state index contributed by atoms with van der Waals surface area (Å²) in [5.74, 6) is 0.692. The van der Waals surface area contributed by atoms with E-state index in [0.717, 1.165) is 24.4 Å². The van der Waals surface area contributed by atoms with Gasteiger partial charge in [-0.3, -0.25) is 4.79 Å². The predicted octanol–water partition coefficient (Wildman–Crippen LogP) is 1.63. The van der Waals surface area contributed by atoms with Crippen molar-refractivity contribution in [2.45, 2.75) is 18.9 Å². The number of amides is 1. The summed E-state index contributed by atoms with van der Waals surface area (Å²) in [5.41, 5.74) is 2.00. The highest BCUT2D eigenvalue weighted by atomic mass is 16.1. The number of nitrogens with one attached hydrogen (secondary N) is 1. The molecule has 1 amide bonds. The number of carbonyl (C=O) groups is 1. The second kappa shape index (κ2) is 5.15. The predicted molar refractivity (Wildman–Crippen MR) is 82.5 cm³/mol. The molecule has 0 spiro atoms. The van der Waals surface area contributed by atoms with Gasteiger partial charge in [0, 0.05) is 37.1 Å². The van der Waals surface area contributed by atoms with Gasteiger partial charge in [-0.1, -0.05) is 0 Å². The second-order valence-electron chi connectivity index (χ2n) is 6.37. The minimum atomic E-state index is -0.0416. The Kier molecular flexibility index (Phi) is 3.12. The van der Waals surface area contributed by atoms with Gasteiger partial charge in [-0.2, -0.15) is 5.26 Å². The molecule has 5 heteroatoms. The van der Waals surface area contributed by atoms with Crippen LogP contribution in [-0.2, 0) is 0 Å². The quantitative estimate of drug-likeness (QED) is 0.916. The Bertz CT molecular complexity index is 761. The van der Waals surface area contributed by atoms with Crippen molar-refractivity contribution < 1.29 is 4.79 Å². The Morgan fingerprint density at radius 2 is 2.18 bits per heavy atom. The molecule has 0 aliphatic carbocycles. The van der Waals surface area contributed by atoms with Crippen LogP contribution in [0.15, 0.2) is 30.6 Å². The van der Waals surface area contributed by atoms with Crippen molar-refractivity contribution >= 4 is 11.4 Å². The van der Waals surface area contributed by atoms with Gasteiger partial charge in [-0.15, -0.1) is 0 Å². The van der Waals surface area contributed by atoms with E-state index in [-0.39, 0.29) is 11.9 Å². The van der Waals surface area contributed by atoms with Crippen LogP contribution in [0.5, 0.6) is 0 Å². The van der Waals surface area contributed by atoms with Gasteiger partial charge >= 0.3 is 0 Å². The third-order valence-electron chi connectivity index (χ3n) is 4.85. The van der Waals surface area contributed by atoms with Crippen LogP contribution in [0.1, 0.15) is 28.8 Å². The highest BCUT2D eigenvalue weighted by Gasteiger charge is 2.32. The maximum Gasteiger partial charge on any atom is 0.251 e. The van der Waals surface area contributed by atoms with E-state index in [9.17, 15) is 4.79 Å². The van der Waals surface area contributed by atoms with Crippen LogP contribution in [0, 0.1) is 17.2 Å².